The molecule has 0 saturated carbocycles. The number of nitro groups is 1. The van der Waals surface area contributed by atoms with Crippen LogP contribution in [-0.4, -0.2) is 9.91 Å². The van der Waals surface area contributed by atoms with E-state index in [1.807, 2.05) is 0 Å². The standard InChI is InChI=1S/C12H6ClF4N3O2/c13-11-4-9(7(5-18-11)12(15,16)17)19-6-1-2-8(14)10(3-6)20(21)22/h1-5H,(H,18,19). The van der Waals surface area contributed by atoms with Gasteiger partial charge in [-0.15, -0.1) is 0 Å². The van der Waals surface area contributed by atoms with Gasteiger partial charge in [0.15, 0.2) is 0 Å². The third-order valence-corrected chi connectivity index (χ3v) is 2.80. The molecule has 0 aliphatic carbocycles. The number of hydrogen-bond acceptors (Lipinski definition) is 4. The zero-order valence-corrected chi connectivity index (χ0v) is 11.2. The molecule has 1 aromatic carbocycles. The maximum Gasteiger partial charge on any atom is 0.419 e. The molecule has 2 aromatic rings. The summed E-state index contributed by atoms with van der Waals surface area (Å²) < 4.78 is 51.8. The Morgan fingerprint density at radius 2 is 1.95 bits per heavy atom. The zero-order valence-electron chi connectivity index (χ0n) is 10.5. The first-order valence-corrected chi connectivity index (χ1v) is 6.00. The number of benzene rings is 1. The van der Waals surface area contributed by atoms with Crippen LogP contribution in [0.2, 0.25) is 5.15 Å². The number of nitrogens with one attached hydrogen (secondary N) is 1. The van der Waals surface area contributed by atoms with Crippen LogP contribution in [0.3, 0.4) is 0 Å². The van der Waals surface area contributed by atoms with Crippen LogP contribution < -0.4 is 5.32 Å². The number of alkyl halides is 3. The van der Waals surface area contributed by atoms with E-state index in [1.165, 1.54) is 0 Å². The van der Waals surface area contributed by atoms with Crippen LogP contribution in [0.4, 0.5) is 34.6 Å². The van der Waals surface area contributed by atoms with E-state index in [0.29, 0.717) is 6.20 Å². The second-order valence-electron chi connectivity index (χ2n) is 4.10. The van der Waals surface area contributed by atoms with Gasteiger partial charge in [-0.1, -0.05) is 11.6 Å². The van der Waals surface area contributed by atoms with Crippen molar-refractivity contribution in [3.05, 3.63) is 57.1 Å². The summed E-state index contributed by atoms with van der Waals surface area (Å²) in [6.07, 6.45) is -4.17. The van der Waals surface area contributed by atoms with Crippen molar-refractivity contribution in [3.8, 4) is 0 Å². The molecule has 0 aliphatic rings. The lowest BCUT2D eigenvalue weighted by Gasteiger charge is -2.14. The second kappa shape index (κ2) is 5.76. The maximum atomic E-state index is 13.2. The van der Waals surface area contributed by atoms with Crippen LogP contribution in [-0.2, 0) is 6.18 Å². The van der Waals surface area contributed by atoms with E-state index in [2.05, 4.69) is 10.3 Å². The van der Waals surface area contributed by atoms with Crippen molar-refractivity contribution in [3.63, 3.8) is 0 Å². The molecule has 0 atom stereocenters. The fraction of sp³-hybridized carbons (Fsp3) is 0.0833. The number of hydrogen-bond donors (Lipinski definition) is 1. The molecule has 0 fully saturated rings. The van der Waals surface area contributed by atoms with Gasteiger partial charge in [0.05, 0.1) is 16.2 Å². The molecule has 0 spiro atoms. The number of anilines is 2. The van der Waals surface area contributed by atoms with Crippen molar-refractivity contribution in [2.45, 2.75) is 6.18 Å². The smallest absolute Gasteiger partial charge is 0.355 e. The molecule has 1 heterocycles. The molecule has 1 aromatic heterocycles. The van der Waals surface area contributed by atoms with Gasteiger partial charge in [0, 0.05) is 18.0 Å². The highest BCUT2D eigenvalue weighted by Gasteiger charge is 2.34. The van der Waals surface area contributed by atoms with Gasteiger partial charge in [0.2, 0.25) is 5.82 Å². The van der Waals surface area contributed by atoms with Crippen molar-refractivity contribution >= 4 is 28.7 Å². The lowest BCUT2D eigenvalue weighted by molar-refractivity contribution is -0.387. The first kappa shape index (κ1) is 16.0. The Balaban J connectivity index is 2.45. The van der Waals surface area contributed by atoms with Crippen molar-refractivity contribution in [2.75, 3.05) is 5.32 Å². The van der Waals surface area contributed by atoms with Crippen LogP contribution in [0.1, 0.15) is 5.56 Å². The molecule has 0 bridgehead atoms. The number of halogens is 5. The number of nitro benzene ring substituents is 1. The summed E-state index contributed by atoms with van der Waals surface area (Å²) in [5.74, 6) is -1.10. The van der Waals surface area contributed by atoms with Crippen LogP contribution >= 0.6 is 11.6 Å². The van der Waals surface area contributed by atoms with Gasteiger partial charge in [0.25, 0.3) is 0 Å². The fourth-order valence-electron chi connectivity index (χ4n) is 1.65. The number of rotatable bonds is 3. The predicted octanol–water partition coefficient (Wildman–Crippen LogP) is 4.54. The molecule has 0 unspecified atom stereocenters. The van der Waals surface area contributed by atoms with Crippen molar-refractivity contribution in [1.82, 2.24) is 4.98 Å². The largest absolute Gasteiger partial charge is 0.419 e. The third kappa shape index (κ3) is 3.42. The Kier molecular flexibility index (Phi) is 4.18. The van der Waals surface area contributed by atoms with Crippen molar-refractivity contribution in [1.29, 1.82) is 0 Å². The van der Waals surface area contributed by atoms with Crippen LogP contribution in [0, 0.1) is 15.9 Å². The highest BCUT2D eigenvalue weighted by molar-refractivity contribution is 6.29. The average molecular weight is 336 g/mol. The van der Waals surface area contributed by atoms with Gasteiger partial charge >= 0.3 is 11.9 Å². The molecule has 0 radical (unpaired) electrons. The molecule has 0 aliphatic heterocycles. The Morgan fingerprint density at radius 3 is 2.55 bits per heavy atom. The Bertz CT molecular complexity index is 737. The summed E-state index contributed by atoms with van der Waals surface area (Å²) >= 11 is 5.55. The van der Waals surface area contributed by atoms with Crippen molar-refractivity contribution < 1.29 is 22.5 Å². The van der Waals surface area contributed by atoms with Gasteiger partial charge in [-0.2, -0.15) is 17.6 Å². The molecule has 116 valence electrons. The van der Waals surface area contributed by atoms with E-state index in [4.69, 9.17) is 11.6 Å². The quantitative estimate of drug-likeness (QED) is 0.387. The van der Waals surface area contributed by atoms with E-state index < -0.39 is 33.9 Å². The zero-order chi connectivity index (χ0) is 16.5. The SMILES string of the molecule is O=[N+]([O-])c1cc(Nc2cc(Cl)ncc2C(F)(F)F)ccc1F. The summed E-state index contributed by atoms with van der Waals surface area (Å²) in [7, 11) is 0. The number of pyridine rings is 1. The van der Waals surface area contributed by atoms with E-state index in [-0.39, 0.29) is 10.8 Å². The highest BCUT2D eigenvalue weighted by atomic mass is 35.5. The Hall–Kier alpha value is -2.42. The number of aromatic nitrogens is 1. The van der Waals surface area contributed by atoms with E-state index in [1.54, 1.807) is 0 Å². The third-order valence-electron chi connectivity index (χ3n) is 2.60. The summed E-state index contributed by atoms with van der Waals surface area (Å²) in [6, 6.07) is 3.54. The van der Waals surface area contributed by atoms with Crippen molar-refractivity contribution in [2.24, 2.45) is 0 Å². The fourth-order valence-corrected chi connectivity index (χ4v) is 1.80. The van der Waals surface area contributed by atoms with E-state index in [9.17, 15) is 27.7 Å². The molecule has 5 nitrogen and oxygen atoms in total. The molecular formula is C12H6ClF4N3O2. The summed E-state index contributed by atoms with van der Waals surface area (Å²) in [4.78, 5) is 13.0. The summed E-state index contributed by atoms with van der Waals surface area (Å²) in [6.45, 7) is 0. The first-order valence-electron chi connectivity index (χ1n) is 5.62. The normalized spacial score (nSPS) is 11.3. The summed E-state index contributed by atoms with van der Waals surface area (Å²) in [5.41, 5.74) is -2.52. The second-order valence-corrected chi connectivity index (χ2v) is 4.49. The molecular weight excluding hydrogens is 330 g/mol. The number of nitrogens with zero attached hydrogens (tertiary/aromatic N) is 2. The topological polar surface area (TPSA) is 68.1 Å². The minimum Gasteiger partial charge on any atom is -0.355 e. The lowest BCUT2D eigenvalue weighted by atomic mass is 10.2. The van der Waals surface area contributed by atoms with Crippen LogP contribution in [0.25, 0.3) is 0 Å². The minimum absolute atomic E-state index is 0.0964. The molecule has 1 N–H and O–H groups in total. The van der Waals surface area contributed by atoms with Gasteiger partial charge in [-0.05, 0) is 18.2 Å². The predicted molar refractivity (Wildman–Crippen MR) is 70.6 cm³/mol. The average Bonchev–Trinajstić information content (AvgIpc) is 2.39. The van der Waals surface area contributed by atoms with Crippen LogP contribution in [0.5, 0.6) is 0 Å². The molecule has 10 heteroatoms. The maximum absolute atomic E-state index is 13.2. The van der Waals surface area contributed by atoms with Crippen LogP contribution in [0.15, 0.2) is 30.5 Å². The van der Waals surface area contributed by atoms with Gasteiger partial charge in [0.1, 0.15) is 5.15 Å². The van der Waals surface area contributed by atoms with Gasteiger partial charge in [-0.3, -0.25) is 10.1 Å². The van der Waals surface area contributed by atoms with E-state index in [0.717, 1.165) is 24.3 Å². The molecule has 0 saturated heterocycles. The van der Waals surface area contributed by atoms with E-state index >= 15 is 0 Å². The monoisotopic (exact) mass is 335 g/mol. The van der Waals surface area contributed by atoms with Gasteiger partial charge in [-0.25, -0.2) is 4.98 Å². The molecule has 2 rings (SSSR count). The Morgan fingerprint density at radius 1 is 1.27 bits per heavy atom. The van der Waals surface area contributed by atoms with Gasteiger partial charge < -0.3 is 5.32 Å². The highest BCUT2D eigenvalue weighted by Crippen LogP contribution is 2.37. The molecule has 0 amide bonds. The lowest BCUT2D eigenvalue weighted by Crippen LogP contribution is -2.09. The summed E-state index contributed by atoms with van der Waals surface area (Å²) in [5, 5.41) is 12.8. The Labute approximate surface area is 125 Å². The minimum atomic E-state index is -4.70. The first-order chi connectivity index (χ1) is 10.2. The molecule has 22 heavy (non-hydrogen) atoms.